The molecule has 0 spiro atoms. The molecule has 0 bridgehead atoms. The summed E-state index contributed by atoms with van der Waals surface area (Å²) in [6.45, 7) is 3.12. The Morgan fingerprint density at radius 1 is 1.45 bits per heavy atom. The highest BCUT2D eigenvalue weighted by molar-refractivity contribution is 5.76. The van der Waals surface area contributed by atoms with Gasteiger partial charge in [-0.25, -0.2) is 0 Å². The van der Waals surface area contributed by atoms with E-state index in [9.17, 15) is 4.79 Å². The normalized spacial score (nSPS) is 18.9. The van der Waals surface area contributed by atoms with E-state index in [0.29, 0.717) is 32.7 Å². The molecule has 1 aliphatic rings. The Labute approximate surface area is 119 Å². The monoisotopic (exact) mass is 278 g/mol. The van der Waals surface area contributed by atoms with Crippen molar-refractivity contribution < 1.29 is 14.3 Å². The molecule has 1 N–H and O–H groups in total. The number of para-hydroxylation sites is 1. The molecule has 0 radical (unpaired) electrons. The Morgan fingerprint density at radius 2 is 2.25 bits per heavy atom. The van der Waals surface area contributed by atoms with Gasteiger partial charge in [0.05, 0.1) is 25.7 Å². The molecule has 1 heterocycles. The van der Waals surface area contributed by atoms with Crippen LogP contribution in [0.1, 0.15) is 6.42 Å². The summed E-state index contributed by atoms with van der Waals surface area (Å²) in [5.41, 5.74) is 0. The molecule has 1 fully saturated rings. The van der Waals surface area contributed by atoms with Crippen molar-refractivity contribution in [2.24, 2.45) is 0 Å². The van der Waals surface area contributed by atoms with Gasteiger partial charge in [0.2, 0.25) is 5.91 Å². The lowest BCUT2D eigenvalue weighted by atomic mass is 10.2. The van der Waals surface area contributed by atoms with E-state index < -0.39 is 0 Å². The zero-order valence-electron chi connectivity index (χ0n) is 11.9. The van der Waals surface area contributed by atoms with Gasteiger partial charge in [-0.2, -0.15) is 0 Å². The molecule has 0 saturated carbocycles. The number of nitrogens with one attached hydrogen (secondary N) is 1. The molecule has 110 valence electrons. The average Bonchev–Trinajstić information content (AvgIpc) is 2.49. The van der Waals surface area contributed by atoms with Crippen LogP contribution in [0.3, 0.4) is 0 Å². The summed E-state index contributed by atoms with van der Waals surface area (Å²) in [7, 11) is 1.89. The number of nitrogens with zero attached hydrogens (tertiary/aromatic N) is 1. The van der Waals surface area contributed by atoms with Gasteiger partial charge in [0.1, 0.15) is 5.75 Å². The maximum Gasteiger partial charge on any atom is 0.226 e. The van der Waals surface area contributed by atoms with E-state index in [1.165, 1.54) is 0 Å². The van der Waals surface area contributed by atoms with Gasteiger partial charge in [0.25, 0.3) is 0 Å². The van der Waals surface area contributed by atoms with Gasteiger partial charge in [0, 0.05) is 19.6 Å². The van der Waals surface area contributed by atoms with Crippen molar-refractivity contribution >= 4 is 5.91 Å². The molecule has 1 aromatic carbocycles. The molecular weight excluding hydrogens is 256 g/mol. The highest BCUT2D eigenvalue weighted by Crippen LogP contribution is 2.10. The minimum absolute atomic E-state index is 0.0905. The number of rotatable bonds is 6. The van der Waals surface area contributed by atoms with Gasteiger partial charge >= 0.3 is 0 Å². The summed E-state index contributed by atoms with van der Waals surface area (Å²) in [5.74, 6) is 0.931. The number of hydrogen-bond acceptors (Lipinski definition) is 4. The van der Waals surface area contributed by atoms with E-state index in [2.05, 4.69) is 5.32 Å². The SMILES string of the molecule is CNCC1CN(C(=O)CCOc2ccccc2)CCO1. The predicted octanol–water partition coefficient (Wildman–Crippen LogP) is 0.902. The van der Waals surface area contributed by atoms with Crippen molar-refractivity contribution in [2.45, 2.75) is 12.5 Å². The van der Waals surface area contributed by atoms with E-state index in [4.69, 9.17) is 9.47 Å². The van der Waals surface area contributed by atoms with E-state index >= 15 is 0 Å². The van der Waals surface area contributed by atoms with Crippen LogP contribution in [0.5, 0.6) is 5.75 Å². The highest BCUT2D eigenvalue weighted by atomic mass is 16.5. The van der Waals surface area contributed by atoms with Crippen LogP contribution in [0.15, 0.2) is 30.3 Å². The fraction of sp³-hybridized carbons (Fsp3) is 0.533. The second kappa shape index (κ2) is 7.87. The van der Waals surface area contributed by atoms with Gasteiger partial charge in [-0.3, -0.25) is 4.79 Å². The molecule has 5 heteroatoms. The number of ether oxygens (including phenoxy) is 2. The highest BCUT2D eigenvalue weighted by Gasteiger charge is 2.23. The summed E-state index contributed by atoms with van der Waals surface area (Å²) >= 11 is 0. The number of benzene rings is 1. The van der Waals surface area contributed by atoms with Crippen LogP contribution in [-0.4, -0.2) is 56.8 Å². The maximum absolute atomic E-state index is 12.1. The van der Waals surface area contributed by atoms with Crippen molar-refractivity contribution in [3.05, 3.63) is 30.3 Å². The molecule has 1 aliphatic heterocycles. The van der Waals surface area contributed by atoms with Crippen LogP contribution in [-0.2, 0) is 9.53 Å². The van der Waals surface area contributed by atoms with Crippen LogP contribution < -0.4 is 10.1 Å². The molecule has 5 nitrogen and oxygen atoms in total. The average molecular weight is 278 g/mol. The first kappa shape index (κ1) is 14.8. The van der Waals surface area contributed by atoms with Crippen molar-refractivity contribution in [3.8, 4) is 5.75 Å². The summed E-state index contributed by atoms with van der Waals surface area (Å²) in [6, 6.07) is 9.56. The lowest BCUT2D eigenvalue weighted by Gasteiger charge is -2.33. The van der Waals surface area contributed by atoms with Gasteiger partial charge in [-0.15, -0.1) is 0 Å². The first-order valence-electron chi connectivity index (χ1n) is 7.01. The molecule has 1 atom stereocenters. The molecule has 0 aliphatic carbocycles. The molecule has 1 aromatic rings. The van der Waals surface area contributed by atoms with E-state index in [1.807, 2.05) is 42.3 Å². The van der Waals surface area contributed by atoms with Crippen LogP contribution in [0, 0.1) is 0 Å². The van der Waals surface area contributed by atoms with Crippen LogP contribution >= 0.6 is 0 Å². The minimum Gasteiger partial charge on any atom is -0.493 e. The smallest absolute Gasteiger partial charge is 0.226 e. The Bertz CT molecular complexity index is 409. The van der Waals surface area contributed by atoms with Crippen LogP contribution in [0.2, 0.25) is 0 Å². The third-order valence-electron chi connectivity index (χ3n) is 3.25. The summed E-state index contributed by atoms with van der Waals surface area (Å²) in [4.78, 5) is 14.0. The number of carbonyl (C=O) groups is 1. The Hall–Kier alpha value is -1.59. The fourth-order valence-corrected chi connectivity index (χ4v) is 2.23. The minimum atomic E-state index is 0.0905. The Morgan fingerprint density at radius 3 is 3.00 bits per heavy atom. The van der Waals surface area contributed by atoms with E-state index in [0.717, 1.165) is 12.3 Å². The van der Waals surface area contributed by atoms with Crippen molar-refractivity contribution in [1.82, 2.24) is 10.2 Å². The lowest BCUT2D eigenvalue weighted by molar-refractivity contribution is -0.139. The molecular formula is C15H22N2O3. The summed E-state index contributed by atoms with van der Waals surface area (Å²) < 4.78 is 11.1. The Kier molecular flexibility index (Phi) is 5.83. The number of carbonyl (C=O) groups excluding carboxylic acids is 1. The summed E-state index contributed by atoms with van der Waals surface area (Å²) in [5, 5.41) is 3.07. The topological polar surface area (TPSA) is 50.8 Å². The third-order valence-corrected chi connectivity index (χ3v) is 3.25. The number of likely N-dealkylation sites (N-methyl/N-ethyl adjacent to an activating group) is 1. The van der Waals surface area contributed by atoms with Gasteiger partial charge in [-0.1, -0.05) is 18.2 Å². The van der Waals surface area contributed by atoms with Gasteiger partial charge < -0.3 is 19.7 Å². The zero-order chi connectivity index (χ0) is 14.2. The van der Waals surface area contributed by atoms with Gasteiger partial charge in [-0.05, 0) is 19.2 Å². The predicted molar refractivity (Wildman–Crippen MR) is 76.8 cm³/mol. The number of hydrogen-bond donors (Lipinski definition) is 1. The lowest BCUT2D eigenvalue weighted by Crippen LogP contribution is -2.48. The zero-order valence-corrected chi connectivity index (χ0v) is 11.9. The quantitative estimate of drug-likeness (QED) is 0.840. The van der Waals surface area contributed by atoms with Crippen molar-refractivity contribution in [2.75, 3.05) is 39.9 Å². The maximum atomic E-state index is 12.1. The van der Waals surface area contributed by atoms with Gasteiger partial charge in [0.15, 0.2) is 0 Å². The fourth-order valence-electron chi connectivity index (χ4n) is 2.23. The Balaban J connectivity index is 1.71. The van der Waals surface area contributed by atoms with Crippen molar-refractivity contribution in [3.63, 3.8) is 0 Å². The standard InChI is InChI=1S/C15H22N2O3/c1-16-11-14-12-17(8-10-20-14)15(18)7-9-19-13-5-3-2-4-6-13/h2-6,14,16H,7-12H2,1H3. The molecule has 0 aromatic heterocycles. The van der Waals surface area contributed by atoms with Crippen LogP contribution in [0.4, 0.5) is 0 Å². The van der Waals surface area contributed by atoms with E-state index in [-0.39, 0.29) is 12.0 Å². The molecule has 1 saturated heterocycles. The third kappa shape index (κ3) is 4.51. The van der Waals surface area contributed by atoms with Crippen molar-refractivity contribution in [1.29, 1.82) is 0 Å². The van der Waals surface area contributed by atoms with E-state index in [1.54, 1.807) is 0 Å². The molecule has 1 amide bonds. The first-order valence-corrected chi connectivity index (χ1v) is 7.01. The second-order valence-corrected chi connectivity index (χ2v) is 4.80. The van der Waals surface area contributed by atoms with Crippen LogP contribution in [0.25, 0.3) is 0 Å². The molecule has 2 rings (SSSR count). The largest absolute Gasteiger partial charge is 0.493 e. The summed E-state index contributed by atoms with van der Waals surface area (Å²) in [6.07, 6.45) is 0.494. The first-order chi connectivity index (χ1) is 9.79. The molecule has 20 heavy (non-hydrogen) atoms. The second-order valence-electron chi connectivity index (χ2n) is 4.80. The number of morpholine rings is 1. The molecule has 1 unspecified atom stereocenters. The number of amides is 1.